The Hall–Kier alpha value is -2.42. The van der Waals surface area contributed by atoms with Gasteiger partial charge in [-0.1, -0.05) is 5.92 Å². The fourth-order valence-electron chi connectivity index (χ4n) is 2.37. The maximum atomic E-state index is 12.1. The minimum atomic E-state index is -4.04. The molecule has 11 heteroatoms. The SMILES string of the molecule is CC#CNC1=C(C(N)=O)S(=O)(=O)NC1=NCCSCc1ccc(CN(C)C)o1. The lowest BCUT2D eigenvalue weighted by molar-refractivity contribution is -0.114. The first-order valence-electron chi connectivity index (χ1n) is 8.34. The number of amidine groups is 1. The Labute approximate surface area is 168 Å². The number of amides is 1. The van der Waals surface area contributed by atoms with Crippen LogP contribution in [0.5, 0.6) is 0 Å². The summed E-state index contributed by atoms with van der Waals surface area (Å²) < 4.78 is 32.1. The van der Waals surface area contributed by atoms with Crippen molar-refractivity contribution in [2.75, 3.05) is 26.4 Å². The van der Waals surface area contributed by atoms with Crippen molar-refractivity contribution < 1.29 is 17.6 Å². The Morgan fingerprint density at radius 1 is 1.39 bits per heavy atom. The number of carbonyl (C=O) groups excluding carboxylic acids is 1. The van der Waals surface area contributed by atoms with E-state index in [0.717, 1.165) is 18.1 Å². The fourth-order valence-corrected chi connectivity index (χ4v) is 4.30. The van der Waals surface area contributed by atoms with Crippen molar-refractivity contribution in [1.82, 2.24) is 14.9 Å². The van der Waals surface area contributed by atoms with Gasteiger partial charge in [-0.2, -0.15) is 11.8 Å². The van der Waals surface area contributed by atoms with Crippen LogP contribution in [0.2, 0.25) is 0 Å². The molecular formula is C17H23N5O4S2. The number of sulfonamides is 1. The van der Waals surface area contributed by atoms with E-state index in [2.05, 4.69) is 27.0 Å². The standard InChI is InChI=1S/C17H23N5O4S2/c1-4-7-19-14-15(16(18)23)28(24,25)21-17(14)20-8-9-27-11-13-6-5-12(26-13)10-22(2)3/h5-6,19H,8-11H2,1-3H3,(H2,18,23)(H,20,21). The molecule has 1 amide bonds. The number of aliphatic imine (C=N–C) groups is 1. The van der Waals surface area contributed by atoms with E-state index in [1.54, 1.807) is 18.7 Å². The number of furan rings is 1. The normalized spacial score (nSPS) is 16.8. The molecule has 0 fully saturated rings. The summed E-state index contributed by atoms with van der Waals surface area (Å²) in [5.41, 5.74) is 5.17. The number of hydrogen-bond donors (Lipinski definition) is 3. The van der Waals surface area contributed by atoms with Crippen LogP contribution in [-0.2, 0) is 27.1 Å². The van der Waals surface area contributed by atoms with E-state index in [1.165, 1.54) is 0 Å². The van der Waals surface area contributed by atoms with Gasteiger partial charge in [0.25, 0.3) is 15.9 Å². The van der Waals surface area contributed by atoms with Gasteiger partial charge >= 0.3 is 0 Å². The Morgan fingerprint density at radius 3 is 2.75 bits per heavy atom. The molecule has 28 heavy (non-hydrogen) atoms. The topological polar surface area (TPSA) is 130 Å². The molecule has 0 aliphatic carbocycles. The Morgan fingerprint density at radius 2 is 2.11 bits per heavy atom. The molecule has 1 aliphatic rings. The highest BCUT2D eigenvalue weighted by atomic mass is 32.2. The van der Waals surface area contributed by atoms with Gasteiger partial charge in [0.1, 0.15) is 17.2 Å². The van der Waals surface area contributed by atoms with Crippen LogP contribution in [-0.4, -0.2) is 51.5 Å². The molecule has 0 aromatic carbocycles. The van der Waals surface area contributed by atoms with E-state index >= 15 is 0 Å². The van der Waals surface area contributed by atoms with E-state index in [-0.39, 0.29) is 11.5 Å². The van der Waals surface area contributed by atoms with Crippen LogP contribution in [0.1, 0.15) is 18.4 Å². The molecule has 0 spiro atoms. The van der Waals surface area contributed by atoms with E-state index in [0.29, 0.717) is 18.1 Å². The Kier molecular flexibility index (Phi) is 7.56. The van der Waals surface area contributed by atoms with Crippen LogP contribution in [0.4, 0.5) is 0 Å². The van der Waals surface area contributed by atoms with Crippen molar-refractivity contribution in [2.45, 2.75) is 19.2 Å². The number of rotatable bonds is 9. The summed E-state index contributed by atoms with van der Waals surface area (Å²) in [6.45, 7) is 2.65. The van der Waals surface area contributed by atoms with Crippen LogP contribution in [0.3, 0.4) is 0 Å². The molecule has 4 N–H and O–H groups in total. The van der Waals surface area contributed by atoms with E-state index < -0.39 is 20.8 Å². The summed E-state index contributed by atoms with van der Waals surface area (Å²) in [5.74, 6) is 4.61. The predicted octanol–water partition coefficient (Wildman–Crippen LogP) is 0.173. The van der Waals surface area contributed by atoms with Gasteiger partial charge < -0.3 is 20.4 Å². The summed E-state index contributed by atoms with van der Waals surface area (Å²) in [4.78, 5) is 17.2. The molecule has 1 aromatic rings. The van der Waals surface area contributed by atoms with Crippen LogP contribution in [0, 0.1) is 12.0 Å². The van der Waals surface area contributed by atoms with Crippen molar-refractivity contribution in [3.8, 4) is 12.0 Å². The highest BCUT2D eigenvalue weighted by molar-refractivity contribution is 7.98. The molecule has 1 aliphatic heterocycles. The number of nitrogens with two attached hydrogens (primary N) is 1. The Balaban J connectivity index is 1.96. The third-order valence-electron chi connectivity index (χ3n) is 3.44. The molecule has 9 nitrogen and oxygen atoms in total. The van der Waals surface area contributed by atoms with E-state index in [1.807, 2.05) is 31.1 Å². The van der Waals surface area contributed by atoms with Crippen LogP contribution in [0.25, 0.3) is 0 Å². The van der Waals surface area contributed by atoms with Crippen molar-refractivity contribution in [3.63, 3.8) is 0 Å². The van der Waals surface area contributed by atoms with Gasteiger partial charge in [0.2, 0.25) is 0 Å². The molecule has 152 valence electrons. The summed E-state index contributed by atoms with van der Waals surface area (Å²) in [5, 5.41) is 2.57. The average Bonchev–Trinajstić information content (AvgIpc) is 3.13. The van der Waals surface area contributed by atoms with Gasteiger partial charge in [-0.3, -0.25) is 14.5 Å². The second-order valence-electron chi connectivity index (χ2n) is 6.06. The summed E-state index contributed by atoms with van der Waals surface area (Å²) in [6.07, 6.45) is 0. The third-order valence-corrected chi connectivity index (χ3v) is 5.80. The first kappa shape index (κ1) is 21.9. The predicted molar refractivity (Wildman–Crippen MR) is 109 cm³/mol. The zero-order chi connectivity index (χ0) is 20.7. The lowest BCUT2D eigenvalue weighted by Crippen LogP contribution is -2.28. The number of carbonyl (C=O) groups is 1. The number of nitrogens with one attached hydrogen (secondary N) is 2. The maximum absolute atomic E-state index is 12.1. The van der Waals surface area contributed by atoms with Crippen molar-refractivity contribution >= 4 is 33.5 Å². The molecular weight excluding hydrogens is 402 g/mol. The van der Waals surface area contributed by atoms with Gasteiger partial charge in [0, 0.05) is 11.8 Å². The fraction of sp³-hybridized carbons (Fsp3) is 0.412. The first-order chi connectivity index (χ1) is 13.2. The minimum absolute atomic E-state index is 0.0220. The number of hydrogen-bond acceptors (Lipinski definition) is 8. The van der Waals surface area contributed by atoms with E-state index in [4.69, 9.17) is 10.2 Å². The van der Waals surface area contributed by atoms with Gasteiger partial charge in [0.05, 0.1) is 18.8 Å². The van der Waals surface area contributed by atoms with Gasteiger partial charge in [-0.05, 0) is 33.2 Å². The summed E-state index contributed by atoms with van der Waals surface area (Å²) in [6, 6.07) is 6.40. The minimum Gasteiger partial charge on any atom is -0.464 e. The lowest BCUT2D eigenvalue weighted by Gasteiger charge is -2.05. The molecule has 1 aromatic heterocycles. The number of primary amides is 1. The lowest BCUT2D eigenvalue weighted by atomic mass is 10.3. The van der Waals surface area contributed by atoms with Gasteiger partial charge in [0.15, 0.2) is 10.7 Å². The second-order valence-corrected chi connectivity index (χ2v) is 8.79. The quantitative estimate of drug-likeness (QED) is 0.292. The number of nitrogens with zero attached hydrogens (tertiary/aromatic N) is 2. The van der Waals surface area contributed by atoms with Crippen LogP contribution in [0.15, 0.2) is 32.1 Å². The third kappa shape index (κ3) is 5.79. The monoisotopic (exact) mass is 425 g/mol. The van der Waals surface area contributed by atoms with Crippen molar-refractivity contribution in [1.29, 1.82) is 0 Å². The maximum Gasteiger partial charge on any atom is 0.270 e. The molecule has 2 heterocycles. The van der Waals surface area contributed by atoms with Crippen LogP contribution >= 0.6 is 11.8 Å². The van der Waals surface area contributed by atoms with Crippen molar-refractivity contribution in [2.24, 2.45) is 10.7 Å². The van der Waals surface area contributed by atoms with E-state index in [9.17, 15) is 13.2 Å². The Bertz CT molecular complexity index is 952. The average molecular weight is 426 g/mol. The highest BCUT2D eigenvalue weighted by Crippen LogP contribution is 2.19. The molecule has 0 unspecified atom stereocenters. The molecule has 0 bridgehead atoms. The second kappa shape index (κ2) is 9.68. The van der Waals surface area contributed by atoms with Crippen LogP contribution < -0.4 is 15.8 Å². The first-order valence-corrected chi connectivity index (χ1v) is 11.0. The molecule has 0 saturated carbocycles. The summed E-state index contributed by atoms with van der Waals surface area (Å²) >= 11 is 1.60. The molecule has 0 saturated heterocycles. The smallest absolute Gasteiger partial charge is 0.270 e. The molecule has 2 rings (SSSR count). The molecule has 0 radical (unpaired) electrons. The van der Waals surface area contributed by atoms with Gasteiger partial charge in [-0.15, -0.1) is 0 Å². The largest absolute Gasteiger partial charge is 0.464 e. The zero-order valence-electron chi connectivity index (χ0n) is 15.9. The highest BCUT2D eigenvalue weighted by Gasteiger charge is 2.37. The zero-order valence-corrected chi connectivity index (χ0v) is 17.5. The summed E-state index contributed by atoms with van der Waals surface area (Å²) in [7, 11) is -0.0940. The van der Waals surface area contributed by atoms with Crippen molar-refractivity contribution in [3.05, 3.63) is 34.3 Å². The number of thioether (sulfide) groups is 1. The molecule has 0 atom stereocenters. The van der Waals surface area contributed by atoms with Gasteiger partial charge in [-0.25, -0.2) is 8.42 Å².